The third-order valence-electron chi connectivity index (χ3n) is 2.55. The van der Waals surface area contributed by atoms with E-state index in [-0.39, 0.29) is 0 Å². The van der Waals surface area contributed by atoms with Gasteiger partial charge < -0.3 is 16.0 Å². The van der Waals surface area contributed by atoms with E-state index in [1.165, 1.54) is 0 Å². The molecule has 1 rings (SSSR count). The summed E-state index contributed by atoms with van der Waals surface area (Å²) in [5.41, 5.74) is 0. The molecule has 2 amide bonds. The summed E-state index contributed by atoms with van der Waals surface area (Å²) in [5, 5.41) is 8.38. The predicted octanol–water partition coefficient (Wildman–Crippen LogP) is -0.762. The Morgan fingerprint density at radius 2 is 1.80 bits per heavy atom. The summed E-state index contributed by atoms with van der Waals surface area (Å²) in [4.78, 5) is 22.3. The quantitative estimate of drug-likeness (QED) is 0.540. The minimum Gasteiger partial charge on any atom is -0.348 e. The topological polar surface area (TPSA) is 70.2 Å². The molecule has 0 aromatic rings. The van der Waals surface area contributed by atoms with Crippen molar-refractivity contribution in [3.63, 3.8) is 0 Å². The van der Waals surface area contributed by atoms with Gasteiger partial charge in [-0.25, -0.2) is 0 Å². The van der Waals surface area contributed by atoms with Gasteiger partial charge in [0.05, 0.1) is 0 Å². The van der Waals surface area contributed by atoms with Crippen molar-refractivity contribution in [2.75, 3.05) is 26.2 Å². The molecule has 0 spiro atoms. The third-order valence-corrected chi connectivity index (χ3v) is 2.55. The van der Waals surface area contributed by atoms with E-state index in [9.17, 15) is 9.59 Å². The molecule has 0 unspecified atom stereocenters. The minimum atomic E-state index is -0.536. The van der Waals surface area contributed by atoms with Crippen LogP contribution in [-0.4, -0.2) is 38.0 Å². The van der Waals surface area contributed by atoms with Crippen LogP contribution in [0.15, 0.2) is 0 Å². The summed E-state index contributed by atoms with van der Waals surface area (Å²) in [6, 6.07) is 0. The third kappa shape index (κ3) is 4.29. The largest absolute Gasteiger partial charge is 0.348 e. The first-order valence-electron chi connectivity index (χ1n) is 5.50. The van der Waals surface area contributed by atoms with Gasteiger partial charge in [0.1, 0.15) is 0 Å². The Labute approximate surface area is 90.0 Å². The highest BCUT2D eigenvalue weighted by atomic mass is 16.2. The van der Waals surface area contributed by atoms with Crippen LogP contribution in [0.4, 0.5) is 0 Å². The van der Waals surface area contributed by atoms with Gasteiger partial charge in [-0.1, -0.05) is 0 Å². The lowest BCUT2D eigenvalue weighted by Gasteiger charge is -2.22. The lowest BCUT2D eigenvalue weighted by molar-refractivity contribution is -0.139. The summed E-state index contributed by atoms with van der Waals surface area (Å²) >= 11 is 0. The predicted molar refractivity (Wildman–Crippen MR) is 57.3 cm³/mol. The van der Waals surface area contributed by atoms with E-state index in [0.29, 0.717) is 19.0 Å². The zero-order valence-electron chi connectivity index (χ0n) is 9.14. The van der Waals surface area contributed by atoms with Gasteiger partial charge in [0.25, 0.3) is 0 Å². The van der Waals surface area contributed by atoms with Gasteiger partial charge in [0, 0.05) is 13.1 Å². The maximum Gasteiger partial charge on any atom is 0.309 e. The Balaban J connectivity index is 2.17. The van der Waals surface area contributed by atoms with Crippen molar-refractivity contribution in [2.45, 2.75) is 19.8 Å². The Morgan fingerprint density at radius 1 is 1.20 bits per heavy atom. The number of carbonyl (C=O) groups is 2. The fraction of sp³-hybridized carbons (Fsp3) is 0.800. The zero-order valence-corrected chi connectivity index (χ0v) is 9.14. The van der Waals surface area contributed by atoms with E-state index < -0.39 is 11.8 Å². The maximum atomic E-state index is 11.2. The lowest BCUT2D eigenvalue weighted by Crippen LogP contribution is -2.43. The molecule has 1 fully saturated rings. The Bertz CT molecular complexity index is 225. The first kappa shape index (κ1) is 12.0. The van der Waals surface area contributed by atoms with Crippen LogP contribution < -0.4 is 16.0 Å². The molecule has 15 heavy (non-hydrogen) atoms. The van der Waals surface area contributed by atoms with Gasteiger partial charge in [0.2, 0.25) is 0 Å². The molecule has 86 valence electrons. The molecule has 0 aromatic heterocycles. The number of hydrogen-bond donors (Lipinski definition) is 3. The molecule has 3 N–H and O–H groups in total. The Kier molecular flexibility index (Phi) is 5.10. The molecule has 0 aromatic carbocycles. The van der Waals surface area contributed by atoms with E-state index >= 15 is 0 Å². The van der Waals surface area contributed by atoms with Crippen molar-refractivity contribution < 1.29 is 9.59 Å². The lowest BCUT2D eigenvalue weighted by atomic mass is 9.98. The van der Waals surface area contributed by atoms with E-state index in [0.717, 1.165) is 25.9 Å². The molecule has 0 radical (unpaired) electrons. The van der Waals surface area contributed by atoms with Crippen LogP contribution in [0.5, 0.6) is 0 Å². The molecular formula is C10H19N3O2. The second-order valence-corrected chi connectivity index (χ2v) is 3.76. The Morgan fingerprint density at radius 3 is 2.40 bits per heavy atom. The van der Waals surface area contributed by atoms with Crippen molar-refractivity contribution in [1.29, 1.82) is 0 Å². The number of carbonyl (C=O) groups excluding carboxylic acids is 2. The normalized spacial score (nSPS) is 17.1. The standard InChI is InChI=1S/C10H19N3O2/c1-2-12-9(14)10(15)13-7-8-3-5-11-6-4-8/h8,11H,2-7H2,1H3,(H,12,14)(H,13,15). The highest BCUT2D eigenvalue weighted by Gasteiger charge is 2.16. The second-order valence-electron chi connectivity index (χ2n) is 3.76. The van der Waals surface area contributed by atoms with Crippen LogP contribution in [0.25, 0.3) is 0 Å². The number of piperidine rings is 1. The SMILES string of the molecule is CCNC(=O)C(=O)NCC1CCNCC1. The molecule has 5 heteroatoms. The van der Waals surface area contributed by atoms with Crippen LogP contribution in [0.2, 0.25) is 0 Å². The molecule has 0 atom stereocenters. The average Bonchev–Trinajstić information content (AvgIpc) is 2.27. The molecule has 5 nitrogen and oxygen atoms in total. The summed E-state index contributed by atoms with van der Waals surface area (Å²) in [6.45, 7) is 4.89. The van der Waals surface area contributed by atoms with Gasteiger partial charge in [-0.15, -0.1) is 0 Å². The van der Waals surface area contributed by atoms with E-state index in [1.807, 2.05) is 0 Å². The van der Waals surface area contributed by atoms with Crippen LogP contribution in [0, 0.1) is 5.92 Å². The summed E-state index contributed by atoms with van der Waals surface area (Å²) in [7, 11) is 0. The summed E-state index contributed by atoms with van der Waals surface area (Å²) < 4.78 is 0. The Hall–Kier alpha value is -1.10. The monoisotopic (exact) mass is 213 g/mol. The van der Waals surface area contributed by atoms with Crippen molar-refractivity contribution >= 4 is 11.8 Å². The highest BCUT2D eigenvalue weighted by Crippen LogP contribution is 2.09. The molecule has 0 saturated carbocycles. The van der Waals surface area contributed by atoms with Crippen molar-refractivity contribution in [3.05, 3.63) is 0 Å². The number of hydrogen-bond acceptors (Lipinski definition) is 3. The van der Waals surface area contributed by atoms with Crippen molar-refractivity contribution in [1.82, 2.24) is 16.0 Å². The van der Waals surface area contributed by atoms with Gasteiger partial charge in [-0.2, -0.15) is 0 Å². The van der Waals surface area contributed by atoms with Crippen LogP contribution in [0.3, 0.4) is 0 Å². The van der Waals surface area contributed by atoms with Crippen LogP contribution in [-0.2, 0) is 9.59 Å². The fourth-order valence-electron chi connectivity index (χ4n) is 1.64. The first-order valence-corrected chi connectivity index (χ1v) is 5.50. The van der Waals surface area contributed by atoms with Gasteiger partial charge >= 0.3 is 11.8 Å². The van der Waals surface area contributed by atoms with E-state index in [1.54, 1.807) is 6.92 Å². The van der Waals surface area contributed by atoms with Crippen LogP contribution >= 0.6 is 0 Å². The number of nitrogens with one attached hydrogen (secondary N) is 3. The van der Waals surface area contributed by atoms with Gasteiger partial charge in [-0.3, -0.25) is 9.59 Å². The number of rotatable bonds is 3. The number of amides is 2. The van der Waals surface area contributed by atoms with Crippen molar-refractivity contribution in [3.8, 4) is 0 Å². The fourth-order valence-corrected chi connectivity index (χ4v) is 1.64. The molecule has 0 bridgehead atoms. The molecule has 0 aliphatic carbocycles. The highest BCUT2D eigenvalue weighted by molar-refractivity contribution is 6.35. The maximum absolute atomic E-state index is 11.2. The second kappa shape index (κ2) is 6.40. The van der Waals surface area contributed by atoms with Crippen molar-refractivity contribution in [2.24, 2.45) is 5.92 Å². The van der Waals surface area contributed by atoms with Gasteiger partial charge in [-0.05, 0) is 38.8 Å². The summed E-state index contributed by atoms with van der Waals surface area (Å²) in [6.07, 6.45) is 2.13. The smallest absolute Gasteiger partial charge is 0.309 e. The average molecular weight is 213 g/mol. The molecule has 1 heterocycles. The molecule has 1 saturated heterocycles. The zero-order chi connectivity index (χ0) is 11.1. The number of likely N-dealkylation sites (N-methyl/N-ethyl adjacent to an activating group) is 1. The van der Waals surface area contributed by atoms with Gasteiger partial charge in [0.15, 0.2) is 0 Å². The first-order chi connectivity index (χ1) is 7.24. The van der Waals surface area contributed by atoms with Crippen LogP contribution in [0.1, 0.15) is 19.8 Å². The molecule has 1 aliphatic rings. The summed E-state index contributed by atoms with van der Waals surface area (Å²) in [5.74, 6) is -0.550. The minimum absolute atomic E-state index is 0.486. The van der Waals surface area contributed by atoms with E-state index in [2.05, 4.69) is 16.0 Å². The molecule has 1 aliphatic heterocycles. The molecular weight excluding hydrogens is 194 g/mol. The van der Waals surface area contributed by atoms with E-state index in [4.69, 9.17) is 0 Å².